The zero-order valence-electron chi connectivity index (χ0n) is 17.0. The first-order chi connectivity index (χ1) is 15.1. The number of benzene rings is 2. The number of hydrogen-bond donors (Lipinski definition) is 1. The van der Waals surface area contributed by atoms with Gasteiger partial charge < -0.3 is 14.5 Å². The second-order valence-electron chi connectivity index (χ2n) is 6.72. The fourth-order valence-corrected chi connectivity index (χ4v) is 3.14. The molecule has 0 saturated carbocycles. The molecule has 156 valence electrons. The molecule has 0 spiro atoms. The van der Waals surface area contributed by atoms with Crippen molar-refractivity contribution in [1.29, 1.82) is 0 Å². The average molecular weight is 416 g/mol. The number of oxazole rings is 1. The Hall–Kier alpha value is -4.20. The summed E-state index contributed by atoms with van der Waals surface area (Å²) < 4.78 is 12.0. The molecular weight excluding hydrogens is 396 g/mol. The van der Waals surface area contributed by atoms with E-state index in [-0.39, 0.29) is 5.91 Å². The molecule has 0 atom stereocenters. The van der Waals surface area contributed by atoms with Gasteiger partial charge in [-0.05, 0) is 50.2 Å². The van der Waals surface area contributed by atoms with Gasteiger partial charge in [-0.1, -0.05) is 12.1 Å². The number of nitrogens with one attached hydrogen (secondary N) is 1. The van der Waals surface area contributed by atoms with Gasteiger partial charge in [0.2, 0.25) is 0 Å². The number of aromatic nitrogens is 3. The second kappa shape index (κ2) is 8.66. The molecule has 1 N–H and O–H groups in total. The first kappa shape index (κ1) is 20.1. The quantitative estimate of drug-likeness (QED) is 0.472. The summed E-state index contributed by atoms with van der Waals surface area (Å²) in [6.45, 7) is 3.85. The summed E-state index contributed by atoms with van der Waals surface area (Å²) in [7, 11) is 0. The maximum atomic E-state index is 12.7. The van der Waals surface area contributed by atoms with Gasteiger partial charge in [0.25, 0.3) is 5.91 Å². The maximum Gasteiger partial charge on any atom is 0.341 e. The van der Waals surface area contributed by atoms with E-state index in [1.807, 2.05) is 18.2 Å². The summed E-state index contributed by atoms with van der Waals surface area (Å²) in [5.74, 6) is -0.0299. The van der Waals surface area contributed by atoms with E-state index in [0.717, 1.165) is 11.3 Å². The summed E-state index contributed by atoms with van der Waals surface area (Å²) >= 11 is 0. The fraction of sp³-hybridized carbons (Fsp3) is 0.130. The number of anilines is 1. The minimum atomic E-state index is -0.408. The average Bonchev–Trinajstić information content (AvgIpc) is 3.44. The van der Waals surface area contributed by atoms with Crippen LogP contribution in [-0.2, 0) is 4.74 Å². The van der Waals surface area contributed by atoms with Crippen LogP contribution in [0.4, 0.5) is 5.69 Å². The highest BCUT2D eigenvalue weighted by molar-refractivity contribution is 6.04. The van der Waals surface area contributed by atoms with Crippen LogP contribution in [0.1, 0.15) is 33.3 Å². The van der Waals surface area contributed by atoms with Crippen LogP contribution in [0.5, 0.6) is 0 Å². The Labute approximate surface area is 178 Å². The number of ether oxygens (including phenoxy) is 1. The molecule has 8 heteroatoms. The highest BCUT2D eigenvalue weighted by atomic mass is 16.5. The number of carbonyl (C=O) groups is 2. The zero-order valence-corrected chi connectivity index (χ0v) is 17.0. The number of nitrogens with zero attached hydrogens (tertiary/aromatic N) is 3. The van der Waals surface area contributed by atoms with Crippen LogP contribution in [0.25, 0.3) is 17.0 Å². The van der Waals surface area contributed by atoms with Crippen LogP contribution >= 0.6 is 0 Å². The van der Waals surface area contributed by atoms with E-state index in [2.05, 4.69) is 15.4 Å². The van der Waals surface area contributed by atoms with Gasteiger partial charge in [-0.2, -0.15) is 5.10 Å². The Morgan fingerprint density at radius 2 is 1.94 bits per heavy atom. The molecule has 0 bridgehead atoms. The Morgan fingerprint density at radius 1 is 1.13 bits per heavy atom. The summed E-state index contributed by atoms with van der Waals surface area (Å²) in [5.41, 5.74) is 3.76. The van der Waals surface area contributed by atoms with Crippen molar-refractivity contribution in [2.75, 3.05) is 11.9 Å². The van der Waals surface area contributed by atoms with E-state index in [4.69, 9.17) is 9.15 Å². The molecule has 0 unspecified atom stereocenters. The molecule has 0 saturated heterocycles. The third-order valence-electron chi connectivity index (χ3n) is 4.72. The highest BCUT2D eigenvalue weighted by Crippen LogP contribution is 2.23. The number of hydrogen-bond acceptors (Lipinski definition) is 6. The lowest BCUT2D eigenvalue weighted by Crippen LogP contribution is -2.12. The van der Waals surface area contributed by atoms with E-state index in [0.29, 0.717) is 34.9 Å². The summed E-state index contributed by atoms with van der Waals surface area (Å²) in [6.07, 6.45) is 4.46. The highest BCUT2D eigenvalue weighted by Gasteiger charge is 2.16. The normalized spacial score (nSPS) is 10.6. The van der Waals surface area contributed by atoms with E-state index in [1.165, 1.54) is 12.6 Å². The maximum absolute atomic E-state index is 12.7. The molecule has 4 aromatic rings. The lowest BCUT2D eigenvalue weighted by Gasteiger charge is -2.09. The van der Waals surface area contributed by atoms with Crippen molar-refractivity contribution in [3.63, 3.8) is 0 Å². The summed E-state index contributed by atoms with van der Waals surface area (Å²) in [5, 5.41) is 7.15. The molecule has 0 radical (unpaired) electrons. The van der Waals surface area contributed by atoms with Gasteiger partial charge in [0.15, 0.2) is 12.2 Å². The lowest BCUT2D eigenvalue weighted by molar-refractivity contribution is 0.0525. The van der Waals surface area contributed by atoms with Crippen molar-refractivity contribution < 1.29 is 18.7 Å². The molecule has 0 aliphatic rings. The van der Waals surface area contributed by atoms with Crippen molar-refractivity contribution in [3.8, 4) is 17.0 Å². The number of amides is 1. The number of carbonyl (C=O) groups excluding carboxylic acids is 2. The standard InChI is InChI=1S/C23H20N4O4/c1-3-30-23(29)20-12-25-27(15(20)2)19-9-7-16(8-10-19)22(28)26-18-6-4-5-17(11-18)21-13-24-14-31-21/h4-14H,3H2,1-2H3,(H,26,28). The van der Waals surface area contributed by atoms with Gasteiger partial charge in [0.05, 0.1) is 30.4 Å². The molecule has 0 fully saturated rings. The first-order valence-electron chi connectivity index (χ1n) is 9.69. The SMILES string of the molecule is CCOC(=O)c1cnn(-c2ccc(C(=O)Nc3cccc(-c4cnco4)c3)cc2)c1C. The molecule has 2 aromatic carbocycles. The molecule has 8 nitrogen and oxygen atoms in total. The number of esters is 1. The molecule has 0 aliphatic carbocycles. The third-order valence-corrected chi connectivity index (χ3v) is 4.72. The van der Waals surface area contributed by atoms with Crippen molar-refractivity contribution in [3.05, 3.63) is 84.1 Å². The molecule has 1 amide bonds. The minimum absolute atomic E-state index is 0.245. The minimum Gasteiger partial charge on any atom is -0.462 e. The van der Waals surface area contributed by atoms with Gasteiger partial charge in [-0.3, -0.25) is 4.79 Å². The smallest absolute Gasteiger partial charge is 0.341 e. The van der Waals surface area contributed by atoms with Crippen LogP contribution in [-0.4, -0.2) is 33.2 Å². The van der Waals surface area contributed by atoms with Gasteiger partial charge in [0, 0.05) is 16.8 Å². The summed E-state index contributed by atoms with van der Waals surface area (Å²) in [6, 6.07) is 14.3. The monoisotopic (exact) mass is 416 g/mol. The molecule has 31 heavy (non-hydrogen) atoms. The third kappa shape index (κ3) is 4.23. The topological polar surface area (TPSA) is 99.2 Å². The molecule has 2 aromatic heterocycles. The largest absolute Gasteiger partial charge is 0.462 e. The van der Waals surface area contributed by atoms with Gasteiger partial charge >= 0.3 is 5.97 Å². The summed E-state index contributed by atoms with van der Waals surface area (Å²) in [4.78, 5) is 28.6. The van der Waals surface area contributed by atoms with Crippen LogP contribution < -0.4 is 5.32 Å². The van der Waals surface area contributed by atoms with Crippen LogP contribution in [0.3, 0.4) is 0 Å². The van der Waals surface area contributed by atoms with E-state index >= 15 is 0 Å². The molecule has 4 rings (SSSR count). The van der Waals surface area contributed by atoms with Crippen LogP contribution in [0, 0.1) is 6.92 Å². The second-order valence-corrected chi connectivity index (χ2v) is 6.72. The molecular formula is C23H20N4O4. The van der Waals surface area contributed by atoms with E-state index in [9.17, 15) is 9.59 Å². The van der Waals surface area contributed by atoms with Gasteiger partial charge in [0.1, 0.15) is 5.56 Å². The van der Waals surface area contributed by atoms with Gasteiger partial charge in [-0.25, -0.2) is 14.5 Å². The van der Waals surface area contributed by atoms with E-state index < -0.39 is 5.97 Å². The van der Waals surface area contributed by atoms with Crippen LogP contribution in [0.2, 0.25) is 0 Å². The zero-order chi connectivity index (χ0) is 21.8. The predicted octanol–water partition coefficient (Wildman–Crippen LogP) is 4.26. The van der Waals surface area contributed by atoms with Crippen molar-refractivity contribution in [2.24, 2.45) is 0 Å². The Balaban J connectivity index is 1.49. The lowest BCUT2D eigenvalue weighted by atomic mass is 10.1. The van der Waals surface area contributed by atoms with E-state index in [1.54, 1.807) is 55.1 Å². The Bertz CT molecular complexity index is 1210. The first-order valence-corrected chi connectivity index (χ1v) is 9.69. The van der Waals surface area contributed by atoms with Gasteiger partial charge in [-0.15, -0.1) is 0 Å². The Morgan fingerprint density at radius 3 is 2.65 bits per heavy atom. The Kier molecular flexibility index (Phi) is 5.61. The number of rotatable bonds is 6. The molecule has 2 heterocycles. The van der Waals surface area contributed by atoms with Crippen molar-refractivity contribution in [1.82, 2.24) is 14.8 Å². The van der Waals surface area contributed by atoms with Crippen molar-refractivity contribution in [2.45, 2.75) is 13.8 Å². The fourth-order valence-electron chi connectivity index (χ4n) is 3.14. The predicted molar refractivity (Wildman–Crippen MR) is 114 cm³/mol. The van der Waals surface area contributed by atoms with Crippen LogP contribution in [0.15, 0.2) is 71.7 Å². The van der Waals surface area contributed by atoms with Crippen molar-refractivity contribution >= 4 is 17.6 Å². The molecule has 0 aliphatic heterocycles.